The Morgan fingerprint density at radius 3 is 1.70 bits per heavy atom. The molecule has 9 atom stereocenters. The van der Waals surface area contributed by atoms with E-state index in [1.165, 1.54) is 5.57 Å². The minimum absolute atomic E-state index is 0.00426. The zero-order chi connectivity index (χ0) is 41.8. The SMILES string of the molecule is COc1ccc(C2OC[C@H](C)C(C(C)C(O[Si](C)(C)C(C)(C)C)C(C)CC(C)=C[C@H](C)[C@@H](O[Si](C)(C)C(C)(C)C)[C@@H](C)CO[Si](C)(C)C(C)(C)C)O2)cc1. The van der Waals surface area contributed by atoms with Crippen LogP contribution in [0.2, 0.25) is 54.4 Å². The maximum Gasteiger partial charge on any atom is 0.192 e. The number of rotatable bonds is 17. The molecule has 2 rings (SSSR count). The van der Waals surface area contributed by atoms with E-state index in [0.717, 1.165) is 24.3 Å². The van der Waals surface area contributed by atoms with Crippen molar-refractivity contribution >= 4 is 25.0 Å². The molecular weight excluding hydrogens is 721 g/mol. The van der Waals surface area contributed by atoms with Crippen LogP contribution in [0.25, 0.3) is 0 Å². The van der Waals surface area contributed by atoms with Crippen LogP contribution in [0.5, 0.6) is 5.75 Å². The Labute approximate surface area is 337 Å². The van der Waals surface area contributed by atoms with Gasteiger partial charge < -0.3 is 27.5 Å². The first-order chi connectivity index (χ1) is 24.3. The van der Waals surface area contributed by atoms with Crippen molar-refractivity contribution in [3.05, 3.63) is 41.5 Å². The maximum absolute atomic E-state index is 7.43. The van der Waals surface area contributed by atoms with Gasteiger partial charge in [0.2, 0.25) is 0 Å². The van der Waals surface area contributed by atoms with Crippen molar-refractivity contribution in [2.45, 2.75) is 189 Å². The van der Waals surface area contributed by atoms with Crippen LogP contribution in [-0.2, 0) is 22.8 Å². The molecule has 1 fully saturated rings. The van der Waals surface area contributed by atoms with Crippen LogP contribution in [-0.4, -0.2) is 63.6 Å². The Morgan fingerprint density at radius 1 is 0.759 bits per heavy atom. The summed E-state index contributed by atoms with van der Waals surface area (Å²) in [4.78, 5) is 0. The lowest BCUT2D eigenvalue weighted by Gasteiger charge is -2.47. The van der Waals surface area contributed by atoms with Crippen LogP contribution < -0.4 is 4.74 Å². The number of hydrogen-bond acceptors (Lipinski definition) is 6. The summed E-state index contributed by atoms with van der Waals surface area (Å²) in [5.74, 6) is 2.04. The second kappa shape index (κ2) is 18.9. The monoisotopic (exact) mass is 807 g/mol. The summed E-state index contributed by atoms with van der Waals surface area (Å²) >= 11 is 0. The molecule has 0 aliphatic carbocycles. The zero-order valence-corrected chi connectivity index (χ0v) is 42.2. The van der Waals surface area contributed by atoms with Gasteiger partial charge in [0.1, 0.15) is 5.75 Å². The van der Waals surface area contributed by atoms with Crippen molar-refractivity contribution in [2.24, 2.45) is 29.6 Å². The van der Waals surface area contributed by atoms with E-state index in [4.69, 9.17) is 27.5 Å². The van der Waals surface area contributed by atoms with E-state index in [1.54, 1.807) is 7.11 Å². The number of ether oxygens (including phenoxy) is 3. The molecule has 0 bridgehead atoms. The first-order valence-corrected chi connectivity index (χ1v) is 29.7. The van der Waals surface area contributed by atoms with Crippen LogP contribution in [0, 0.1) is 29.6 Å². The highest BCUT2D eigenvalue weighted by Gasteiger charge is 2.46. The summed E-state index contributed by atoms with van der Waals surface area (Å²) < 4.78 is 40.1. The van der Waals surface area contributed by atoms with Crippen molar-refractivity contribution in [1.29, 1.82) is 0 Å². The van der Waals surface area contributed by atoms with E-state index in [0.29, 0.717) is 6.61 Å². The molecule has 1 aromatic carbocycles. The third-order valence-electron chi connectivity index (χ3n) is 13.6. The van der Waals surface area contributed by atoms with Crippen molar-refractivity contribution in [2.75, 3.05) is 20.3 Å². The number of benzene rings is 1. The third-order valence-corrected chi connectivity index (χ3v) is 27.0. The predicted octanol–water partition coefficient (Wildman–Crippen LogP) is 13.4. The predicted molar refractivity (Wildman–Crippen MR) is 238 cm³/mol. The summed E-state index contributed by atoms with van der Waals surface area (Å²) in [7, 11) is -4.36. The molecule has 1 aliphatic rings. The molecular formula is C45H86O6Si3. The zero-order valence-electron chi connectivity index (χ0n) is 39.2. The van der Waals surface area contributed by atoms with Gasteiger partial charge in [-0.2, -0.15) is 0 Å². The number of hydrogen-bond donors (Lipinski definition) is 0. The average Bonchev–Trinajstić information content (AvgIpc) is 3.03. The Bertz CT molecular complexity index is 1320. The van der Waals surface area contributed by atoms with E-state index < -0.39 is 31.2 Å². The summed E-state index contributed by atoms with van der Waals surface area (Å²) in [6.45, 7) is 50.6. The minimum atomic E-state index is -2.12. The molecule has 6 nitrogen and oxygen atoms in total. The molecule has 0 amide bonds. The van der Waals surface area contributed by atoms with E-state index >= 15 is 0 Å². The summed E-state index contributed by atoms with van der Waals surface area (Å²) in [6.07, 6.45) is 3.14. The van der Waals surface area contributed by atoms with Crippen LogP contribution in [0.15, 0.2) is 35.9 Å². The van der Waals surface area contributed by atoms with E-state index in [-0.39, 0.29) is 63.0 Å². The lowest BCUT2D eigenvalue weighted by Crippen LogP contribution is -2.51. The smallest absolute Gasteiger partial charge is 0.192 e. The lowest BCUT2D eigenvalue weighted by atomic mass is 9.81. The van der Waals surface area contributed by atoms with Crippen molar-refractivity contribution in [3.63, 3.8) is 0 Å². The average molecular weight is 807 g/mol. The standard InChI is InChI=1S/C45H86O6Si3/c1-31(27-32(2)39(50-53(19,20)44(10,11)12)35(5)30-48-52(17,18)43(7,8)9)28-33(3)41(51-54(21,22)45(13,14)15)36(6)40-34(4)29-47-42(49-40)37-23-25-38(46-16)26-24-37/h23-27,32-36,39-42H,28-30H2,1-22H3/t32-,33?,34-,35-,36?,39+,40?,41?,42?/m0/s1. The van der Waals surface area contributed by atoms with Gasteiger partial charge in [-0.3, -0.25) is 0 Å². The second-order valence-corrected chi connectivity index (χ2v) is 36.0. The quantitative estimate of drug-likeness (QED) is 0.115. The first-order valence-electron chi connectivity index (χ1n) is 20.9. The number of methoxy groups -OCH3 is 1. The largest absolute Gasteiger partial charge is 0.497 e. The molecule has 54 heavy (non-hydrogen) atoms. The summed E-state index contributed by atoms with van der Waals surface area (Å²) in [6, 6.07) is 8.05. The molecule has 0 N–H and O–H groups in total. The van der Waals surface area contributed by atoms with Gasteiger partial charge in [0.25, 0.3) is 0 Å². The van der Waals surface area contributed by atoms with Gasteiger partial charge in [0.05, 0.1) is 32.0 Å². The molecule has 1 heterocycles. The molecule has 0 aromatic heterocycles. The molecule has 1 aromatic rings. The van der Waals surface area contributed by atoms with E-state index in [9.17, 15) is 0 Å². The van der Waals surface area contributed by atoms with Crippen LogP contribution in [0.3, 0.4) is 0 Å². The molecule has 314 valence electrons. The van der Waals surface area contributed by atoms with Gasteiger partial charge >= 0.3 is 0 Å². The Kier molecular flexibility index (Phi) is 17.2. The van der Waals surface area contributed by atoms with Gasteiger partial charge in [-0.05, 0) is 91.7 Å². The molecule has 9 heteroatoms. The van der Waals surface area contributed by atoms with Crippen LogP contribution in [0.4, 0.5) is 0 Å². The molecule has 0 saturated carbocycles. The molecule has 1 saturated heterocycles. The van der Waals surface area contributed by atoms with Gasteiger partial charge in [0.15, 0.2) is 31.2 Å². The minimum Gasteiger partial charge on any atom is -0.497 e. The second-order valence-electron chi connectivity index (χ2n) is 21.7. The van der Waals surface area contributed by atoms with E-state index in [1.807, 2.05) is 24.3 Å². The highest BCUT2D eigenvalue weighted by Crippen LogP contribution is 2.44. The summed E-state index contributed by atoms with van der Waals surface area (Å²) in [5.41, 5.74) is 2.41. The van der Waals surface area contributed by atoms with Crippen molar-refractivity contribution < 1.29 is 27.5 Å². The van der Waals surface area contributed by atoms with Gasteiger partial charge in [-0.15, -0.1) is 0 Å². The molecule has 0 spiro atoms. The fourth-order valence-electron chi connectivity index (χ4n) is 6.82. The molecule has 5 unspecified atom stereocenters. The molecule has 0 radical (unpaired) electrons. The fraction of sp³-hybridized carbons (Fsp3) is 0.822. The normalized spacial score (nSPS) is 23.4. The Balaban J connectivity index is 2.43. The fourth-order valence-corrected chi connectivity index (χ4v) is 10.9. The molecule has 1 aliphatic heterocycles. The first kappa shape index (κ1) is 49.4. The highest BCUT2D eigenvalue weighted by molar-refractivity contribution is 6.75. The Morgan fingerprint density at radius 2 is 1.24 bits per heavy atom. The number of allylic oxidation sites excluding steroid dienone is 1. The van der Waals surface area contributed by atoms with Gasteiger partial charge in [-0.1, -0.05) is 121 Å². The van der Waals surface area contributed by atoms with Crippen molar-refractivity contribution in [3.8, 4) is 5.75 Å². The van der Waals surface area contributed by atoms with E-state index in [2.05, 4.69) is 149 Å². The van der Waals surface area contributed by atoms with Crippen molar-refractivity contribution in [1.82, 2.24) is 0 Å². The highest BCUT2D eigenvalue weighted by atomic mass is 28.4. The van der Waals surface area contributed by atoms with Crippen LogP contribution >= 0.6 is 0 Å². The third kappa shape index (κ3) is 13.1. The summed E-state index contributed by atoms with van der Waals surface area (Å²) in [5, 5.41) is 0.387. The maximum atomic E-state index is 7.43. The van der Waals surface area contributed by atoms with Gasteiger partial charge in [0, 0.05) is 29.9 Å². The van der Waals surface area contributed by atoms with Gasteiger partial charge in [-0.25, -0.2) is 0 Å². The lowest BCUT2D eigenvalue weighted by molar-refractivity contribution is -0.256. The Hall–Kier alpha value is -0.789. The topological polar surface area (TPSA) is 55.4 Å². The van der Waals surface area contributed by atoms with Crippen LogP contribution in [0.1, 0.15) is 122 Å².